The quantitative estimate of drug-likeness (QED) is 0.790. The van der Waals surface area contributed by atoms with Gasteiger partial charge in [0.25, 0.3) is 0 Å². The van der Waals surface area contributed by atoms with Gasteiger partial charge >= 0.3 is 0 Å². The Bertz CT molecular complexity index is 249. The van der Waals surface area contributed by atoms with Crippen LogP contribution in [0.4, 0.5) is 0 Å². The van der Waals surface area contributed by atoms with Crippen molar-refractivity contribution >= 4 is 21.8 Å². The maximum absolute atomic E-state index is 12.3. The van der Waals surface area contributed by atoms with Crippen molar-refractivity contribution in [2.45, 2.75) is 69.7 Å². The zero-order valence-corrected chi connectivity index (χ0v) is 12.2. The molecule has 17 heavy (non-hydrogen) atoms. The summed E-state index contributed by atoms with van der Waals surface area (Å²) in [6.07, 6.45) is 12.2. The van der Waals surface area contributed by atoms with Gasteiger partial charge in [0.05, 0.1) is 0 Å². The van der Waals surface area contributed by atoms with Crippen molar-refractivity contribution in [2.24, 2.45) is 5.92 Å². The van der Waals surface area contributed by atoms with E-state index in [1.807, 2.05) is 0 Å². The fourth-order valence-electron chi connectivity index (χ4n) is 2.98. The highest BCUT2D eigenvalue weighted by molar-refractivity contribution is 9.09. The molecule has 1 amide bonds. The molecule has 0 heterocycles. The van der Waals surface area contributed by atoms with Crippen LogP contribution in [-0.2, 0) is 4.79 Å². The summed E-state index contributed by atoms with van der Waals surface area (Å²) in [6.45, 7) is 0. The van der Waals surface area contributed by atoms with Crippen molar-refractivity contribution in [1.29, 1.82) is 0 Å². The summed E-state index contributed by atoms with van der Waals surface area (Å²) in [5.41, 5.74) is 0.0967. The van der Waals surface area contributed by atoms with E-state index in [0.717, 1.165) is 31.0 Å². The molecule has 0 saturated heterocycles. The zero-order valence-electron chi connectivity index (χ0n) is 10.6. The van der Waals surface area contributed by atoms with Crippen molar-refractivity contribution in [2.75, 3.05) is 5.33 Å². The Kier molecular flexibility index (Phi) is 4.89. The monoisotopic (exact) mass is 301 g/mol. The number of amides is 1. The minimum absolute atomic E-state index is 0.0967. The van der Waals surface area contributed by atoms with Gasteiger partial charge in [0, 0.05) is 16.8 Å². The van der Waals surface area contributed by atoms with Gasteiger partial charge in [0.1, 0.15) is 0 Å². The number of alkyl halides is 1. The van der Waals surface area contributed by atoms with Gasteiger partial charge in [-0.2, -0.15) is 0 Å². The third-order valence-corrected chi connectivity index (χ3v) is 5.50. The van der Waals surface area contributed by atoms with Gasteiger partial charge in [0.15, 0.2) is 0 Å². The van der Waals surface area contributed by atoms with E-state index in [-0.39, 0.29) is 11.5 Å². The van der Waals surface area contributed by atoms with Crippen molar-refractivity contribution in [1.82, 2.24) is 5.32 Å². The molecule has 1 N–H and O–H groups in total. The van der Waals surface area contributed by atoms with Gasteiger partial charge in [-0.15, -0.1) is 0 Å². The van der Waals surface area contributed by atoms with E-state index in [1.165, 1.54) is 38.5 Å². The normalized spacial score (nSPS) is 25.5. The second-order valence-corrected chi connectivity index (χ2v) is 6.36. The smallest absolute Gasteiger partial charge is 0.223 e. The highest BCUT2D eigenvalue weighted by Crippen LogP contribution is 2.34. The predicted octanol–water partition coefficient (Wildman–Crippen LogP) is 3.78. The van der Waals surface area contributed by atoms with Gasteiger partial charge in [0.2, 0.25) is 5.91 Å². The first kappa shape index (κ1) is 13.4. The van der Waals surface area contributed by atoms with Crippen LogP contribution in [0.25, 0.3) is 0 Å². The molecule has 0 bridgehead atoms. The van der Waals surface area contributed by atoms with Crippen molar-refractivity contribution in [3.8, 4) is 0 Å². The summed E-state index contributed by atoms with van der Waals surface area (Å²) in [4.78, 5) is 12.3. The van der Waals surface area contributed by atoms with Crippen LogP contribution in [0.15, 0.2) is 0 Å². The maximum atomic E-state index is 12.3. The van der Waals surface area contributed by atoms with Gasteiger partial charge in [-0.05, 0) is 32.1 Å². The molecule has 98 valence electrons. The second kappa shape index (κ2) is 6.21. The van der Waals surface area contributed by atoms with Crippen LogP contribution in [0.3, 0.4) is 0 Å². The molecule has 0 aromatic rings. The highest BCUT2D eigenvalue weighted by Gasteiger charge is 2.38. The maximum Gasteiger partial charge on any atom is 0.223 e. The van der Waals surface area contributed by atoms with E-state index in [2.05, 4.69) is 21.2 Å². The third kappa shape index (κ3) is 3.46. The summed E-state index contributed by atoms with van der Waals surface area (Å²) in [6, 6.07) is 0. The molecule has 2 aliphatic carbocycles. The zero-order chi connectivity index (χ0) is 12.1. The van der Waals surface area contributed by atoms with Crippen LogP contribution in [0.2, 0.25) is 0 Å². The predicted molar refractivity (Wildman–Crippen MR) is 74.3 cm³/mol. The molecule has 2 fully saturated rings. The highest BCUT2D eigenvalue weighted by atomic mass is 79.9. The Morgan fingerprint density at radius 2 is 1.65 bits per heavy atom. The largest absolute Gasteiger partial charge is 0.350 e. The summed E-state index contributed by atoms with van der Waals surface area (Å²) in [7, 11) is 0. The van der Waals surface area contributed by atoms with Crippen LogP contribution in [0, 0.1) is 5.92 Å². The molecule has 0 radical (unpaired) electrons. The number of nitrogens with one attached hydrogen (secondary N) is 1. The lowest BCUT2D eigenvalue weighted by Crippen LogP contribution is -2.56. The van der Waals surface area contributed by atoms with Crippen LogP contribution in [0.1, 0.15) is 64.2 Å². The molecular weight excluding hydrogens is 278 g/mol. The first-order valence-electron chi connectivity index (χ1n) is 7.14. The lowest BCUT2D eigenvalue weighted by atomic mass is 9.77. The molecule has 2 aliphatic rings. The molecule has 2 nitrogen and oxygen atoms in total. The number of carbonyl (C=O) groups excluding carboxylic acids is 1. The summed E-state index contributed by atoms with van der Waals surface area (Å²) >= 11 is 3.55. The molecule has 0 atom stereocenters. The number of carbonyl (C=O) groups is 1. The lowest BCUT2D eigenvalue weighted by molar-refractivity contribution is -0.128. The van der Waals surface area contributed by atoms with Crippen LogP contribution in [0.5, 0.6) is 0 Å². The van der Waals surface area contributed by atoms with Gasteiger partial charge in [-0.25, -0.2) is 0 Å². The molecule has 0 aromatic heterocycles. The topological polar surface area (TPSA) is 29.1 Å². The number of halogens is 1. The van der Waals surface area contributed by atoms with Crippen LogP contribution < -0.4 is 5.32 Å². The van der Waals surface area contributed by atoms with Crippen molar-refractivity contribution in [3.63, 3.8) is 0 Å². The van der Waals surface area contributed by atoms with E-state index in [4.69, 9.17) is 0 Å². The Labute approximate surface area is 113 Å². The molecule has 0 aromatic carbocycles. The Balaban J connectivity index is 1.84. The molecule has 0 unspecified atom stereocenters. The van der Waals surface area contributed by atoms with E-state index < -0.39 is 0 Å². The summed E-state index contributed by atoms with van der Waals surface area (Å²) < 4.78 is 0. The first-order chi connectivity index (χ1) is 8.26. The number of hydrogen-bond acceptors (Lipinski definition) is 1. The van der Waals surface area contributed by atoms with Crippen LogP contribution >= 0.6 is 15.9 Å². The average Bonchev–Trinajstić information content (AvgIpc) is 2.22. The summed E-state index contributed by atoms with van der Waals surface area (Å²) in [5, 5.41) is 4.23. The van der Waals surface area contributed by atoms with Crippen molar-refractivity contribution in [3.05, 3.63) is 0 Å². The molecule has 0 aliphatic heterocycles. The van der Waals surface area contributed by atoms with E-state index in [1.54, 1.807) is 0 Å². The fraction of sp³-hybridized carbons (Fsp3) is 0.929. The Morgan fingerprint density at radius 3 is 2.12 bits per heavy atom. The number of rotatable bonds is 3. The van der Waals surface area contributed by atoms with E-state index >= 15 is 0 Å². The molecule has 2 saturated carbocycles. The minimum atomic E-state index is 0.0967. The van der Waals surface area contributed by atoms with Crippen LogP contribution in [-0.4, -0.2) is 16.8 Å². The van der Waals surface area contributed by atoms with Gasteiger partial charge < -0.3 is 5.32 Å². The Hall–Kier alpha value is -0.0500. The van der Waals surface area contributed by atoms with E-state index in [0.29, 0.717) is 5.91 Å². The third-order valence-electron chi connectivity index (χ3n) is 4.43. The first-order valence-corrected chi connectivity index (χ1v) is 8.26. The molecule has 3 heteroatoms. The summed E-state index contributed by atoms with van der Waals surface area (Å²) in [5.74, 6) is 0.609. The lowest BCUT2D eigenvalue weighted by Gasteiger charge is -2.42. The molecular formula is C14H24BrNO. The second-order valence-electron chi connectivity index (χ2n) is 5.80. The van der Waals surface area contributed by atoms with E-state index in [9.17, 15) is 4.79 Å². The fourth-order valence-corrected chi connectivity index (χ4v) is 3.68. The number of hydrogen-bond donors (Lipinski definition) is 1. The SMILES string of the molecule is O=C(NC1(CBr)CCC1)C1CCCCCCC1. The molecule has 0 spiro atoms. The van der Waals surface area contributed by atoms with Gasteiger partial charge in [-0.1, -0.05) is 48.0 Å². The minimum Gasteiger partial charge on any atom is -0.350 e. The van der Waals surface area contributed by atoms with Gasteiger partial charge in [-0.3, -0.25) is 4.79 Å². The molecule has 2 rings (SSSR count). The standard InChI is InChI=1S/C14H24BrNO/c15-11-14(9-6-10-14)16-13(17)12-7-4-2-1-3-5-8-12/h12H,1-11H2,(H,16,17). The Morgan fingerprint density at radius 1 is 1.06 bits per heavy atom. The average molecular weight is 302 g/mol. The van der Waals surface area contributed by atoms with Crippen molar-refractivity contribution < 1.29 is 4.79 Å².